The Labute approximate surface area is 217 Å². The van der Waals surface area contributed by atoms with E-state index in [1.807, 2.05) is 0 Å². The van der Waals surface area contributed by atoms with Crippen molar-refractivity contribution < 1.29 is 19.1 Å². The highest BCUT2D eigenvalue weighted by atomic mass is 16.5. The summed E-state index contributed by atoms with van der Waals surface area (Å²) >= 11 is 0. The summed E-state index contributed by atoms with van der Waals surface area (Å²) in [6.07, 6.45) is 13.6. The van der Waals surface area contributed by atoms with E-state index in [0.717, 1.165) is 51.0 Å². The number of rotatable bonds is 4. The number of piperidine rings is 1. The number of hydrogen-bond acceptors (Lipinski definition) is 5. The SMILES string of the molecule is CC(=O)O[C@H]1CC[C@@]2(C)C(=CC[C@H]3[C@@H]4C[C@H](OC(C)=O)[C@@](C)([C@H](C)[C@@H]5CC[C@H](C)CN5)C4=CC[C@@H]32)C1. The number of carbonyl (C=O) groups excluding carboxylic acids is 2. The van der Waals surface area contributed by atoms with E-state index in [1.165, 1.54) is 25.3 Å². The van der Waals surface area contributed by atoms with Gasteiger partial charge in [0.15, 0.2) is 0 Å². The van der Waals surface area contributed by atoms with Crippen LogP contribution in [0.2, 0.25) is 0 Å². The van der Waals surface area contributed by atoms with Crippen LogP contribution in [0.15, 0.2) is 23.3 Å². The summed E-state index contributed by atoms with van der Waals surface area (Å²) in [5.41, 5.74) is 3.11. The fraction of sp³-hybridized carbons (Fsp3) is 0.806. The Kier molecular flexibility index (Phi) is 6.93. The van der Waals surface area contributed by atoms with E-state index in [4.69, 9.17) is 9.47 Å². The van der Waals surface area contributed by atoms with Crippen molar-refractivity contribution in [3.63, 3.8) is 0 Å². The Hall–Kier alpha value is -1.62. The van der Waals surface area contributed by atoms with Gasteiger partial charge in [-0.1, -0.05) is 51.0 Å². The summed E-state index contributed by atoms with van der Waals surface area (Å²) in [7, 11) is 0. The van der Waals surface area contributed by atoms with Crippen LogP contribution in [0.3, 0.4) is 0 Å². The van der Waals surface area contributed by atoms with Gasteiger partial charge in [0.25, 0.3) is 0 Å². The molecule has 0 radical (unpaired) electrons. The standard InChI is InChI=1S/C31H47NO4/c1-18-7-12-28(32-17-18)19(2)31(6)27-11-10-26-24(25(27)16-29(31)36-21(4)34)9-8-22-15-23(35-20(3)33)13-14-30(22,26)5/h8,11,18-19,23-26,28-29,32H,7,9-10,12-17H2,1-6H3/t18-,19+,23-,24-,25-,26-,28-,29-,30-,31-/m0/s1. The van der Waals surface area contributed by atoms with Crippen molar-refractivity contribution in [2.24, 2.45) is 40.4 Å². The molecule has 1 heterocycles. The Balaban J connectivity index is 1.42. The summed E-state index contributed by atoms with van der Waals surface area (Å²) in [6.45, 7) is 13.8. The Morgan fingerprint density at radius 3 is 2.47 bits per heavy atom. The van der Waals surface area contributed by atoms with Gasteiger partial charge in [0.2, 0.25) is 0 Å². The Morgan fingerprint density at radius 1 is 1.06 bits per heavy atom. The first kappa shape index (κ1) is 26.0. The highest BCUT2D eigenvalue weighted by Gasteiger charge is 2.60. The molecule has 0 aromatic rings. The minimum Gasteiger partial charge on any atom is -0.462 e. The molecule has 0 bridgehead atoms. The zero-order valence-electron chi connectivity index (χ0n) is 23.3. The highest BCUT2D eigenvalue weighted by molar-refractivity contribution is 5.66. The summed E-state index contributed by atoms with van der Waals surface area (Å²) in [6, 6.07) is 0.466. The van der Waals surface area contributed by atoms with Crippen LogP contribution in [0.4, 0.5) is 0 Å². The first-order chi connectivity index (χ1) is 17.0. The molecular formula is C31H47NO4. The zero-order chi connectivity index (χ0) is 25.8. The number of hydrogen-bond donors (Lipinski definition) is 1. The molecule has 4 aliphatic carbocycles. The van der Waals surface area contributed by atoms with Crippen molar-refractivity contribution in [2.45, 2.75) is 111 Å². The fourth-order valence-corrected chi connectivity index (χ4v) is 9.08. The molecular weight excluding hydrogens is 450 g/mol. The lowest BCUT2D eigenvalue weighted by molar-refractivity contribution is -0.152. The molecule has 200 valence electrons. The summed E-state index contributed by atoms with van der Waals surface area (Å²) in [5.74, 6) is 2.50. The number of ether oxygens (including phenoxy) is 2. The second-order valence-corrected chi connectivity index (χ2v) is 13.2. The number of carbonyl (C=O) groups is 2. The first-order valence-corrected chi connectivity index (χ1v) is 14.5. The van der Waals surface area contributed by atoms with Gasteiger partial charge < -0.3 is 14.8 Å². The van der Waals surface area contributed by atoms with Crippen molar-refractivity contribution in [3.05, 3.63) is 23.3 Å². The molecule has 2 saturated carbocycles. The molecule has 1 aliphatic heterocycles. The predicted molar refractivity (Wildman–Crippen MR) is 141 cm³/mol. The molecule has 36 heavy (non-hydrogen) atoms. The second-order valence-electron chi connectivity index (χ2n) is 13.2. The van der Waals surface area contributed by atoms with E-state index in [9.17, 15) is 9.59 Å². The molecule has 0 spiro atoms. The van der Waals surface area contributed by atoms with Crippen LogP contribution in [-0.2, 0) is 19.1 Å². The van der Waals surface area contributed by atoms with Gasteiger partial charge in [-0.05, 0) is 86.5 Å². The van der Waals surface area contributed by atoms with E-state index in [1.54, 1.807) is 12.5 Å². The first-order valence-electron chi connectivity index (χ1n) is 14.5. The number of esters is 2. The number of allylic oxidation sites excluding steroid dienone is 2. The molecule has 3 fully saturated rings. The van der Waals surface area contributed by atoms with Crippen molar-refractivity contribution >= 4 is 11.9 Å². The molecule has 0 aromatic heterocycles. The maximum Gasteiger partial charge on any atom is 0.302 e. The maximum absolute atomic E-state index is 12.3. The van der Waals surface area contributed by atoms with Crippen molar-refractivity contribution in [2.75, 3.05) is 6.54 Å². The van der Waals surface area contributed by atoms with Gasteiger partial charge in [0.05, 0.1) is 0 Å². The van der Waals surface area contributed by atoms with Crippen molar-refractivity contribution in [3.8, 4) is 0 Å². The molecule has 1 saturated heterocycles. The lowest BCUT2D eigenvalue weighted by atomic mass is 9.51. The molecule has 0 unspecified atom stereocenters. The van der Waals surface area contributed by atoms with Crippen LogP contribution in [0.5, 0.6) is 0 Å². The van der Waals surface area contributed by atoms with Crippen LogP contribution in [0.1, 0.15) is 92.9 Å². The predicted octanol–water partition coefficient (Wildman–Crippen LogP) is 5.98. The minimum atomic E-state index is -0.166. The third-order valence-corrected chi connectivity index (χ3v) is 11.3. The molecule has 5 aliphatic rings. The van der Waals surface area contributed by atoms with E-state index >= 15 is 0 Å². The second kappa shape index (κ2) is 9.60. The molecule has 1 N–H and O–H groups in total. The van der Waals surface area contributed by atoms with Gasteiger partial charge in [-0.2, -0.15) is 0 Å². The quantitative estimate of drug-likeness (QED) is 0.382. The number of nitrogens with one attached hydrogen (secondary N) is 1. The van der Waals surface area contributed by atoms with Crippen LogP contribution in [-0.4, -0.2) is 36.7 Å². The van der Waals surface area contributed by atoms with Crippen LogP contribution < -0.4 is 5.32 Å². The van der Waals surface area contributed by atoms with Gasteiger partial charge in [-0.3, -0.25) is 9.59 Å². The lowest BCUT2D eigenvalue weighted by Crippen LogP contribution is -2.51. The molecule has 5 nitrogen and oxygen atoms in total. The van der Waals surface area contributed by atoms with Gasteiger partial charge >= 0.3 is 11.9 Å². The molecule has 10 atom stereocenters. The number of fused-ring (bicyclic) bond motifs is 5. The van der Waals surface area contributed by atoms with Gasteiger partial charge in [-0.15, -0.1) is 0 Å². The van der Waals surface area contributed by atoms with E-state index in [0.29, 0.717) is 29.7 Å². The monoisotopic (exact) mass is 497 g/mol. The van der Waals surface area contributed by atoms with E-state index < -0.39 is 0 Å². The zero-order valence-corrected chi connectivity index (χ0v) is 23.3. The van der Waals surface area contributed by atoms with Crippen LogP contribution in [0, 0.1) is 40.4 Å². The van der Waals surface area contributed by atoms with Crippen LogP contribution in [0.25, 0.3) is 0 Å². The van der Waals surface area contributed by atoms with Crippen LogP contribution >= 0.6 is 0 Å². The molecule has 0 amide bonds. The van der Waals surface area contributed by atoms with Crippen molar-refractivity contribution in [1.82, 2.24) is 5.32 Å². The van der Waals surface area contributed by atoms with Crippen molar-refractivity contribution in [1.29, 1.82) is 0 Å². The summed E-state index contributed by atoms with van der Waals surface area (Å²) in [5, 5.41) is 3.84. The van der Waals surface area contributed by atoms with E-state index in [2.05, 4.69) is 45.2 Å². The average molecular weight is 498 g/mol. The molecule has 5 heteroatoms. The van der Waals surface area contributed by atoms with Gasteiger partial charge in [0.1, 0.15) is 12.2 Å². The largest absolute Gasteiger partial charge is 0.462 e. The normalized spacial score (nSPS) is 44.8. The molecule has 0 aromatic carbocycles. The molecule has 5 rings (SSSR count). The summed E-state index contributed by atoms with van der Waals surface area (Å²) in [4.78, 5) is 23.8. The highest BCUT2D eigenvalue weighted by Crippen LogP contribution is 2.64. The minimum absolute atomic E-state index is 0.0303. The Morgan fingerprint density at radius 2 is 1.81 bits per heavy atom. The summed E-state index contributed by atoms with van der Waals surface area (Å²) < 4.78 is 11.8. The average Bonchev–Trinajstić information content (AvgIpc) is 3.11. The Bertz CT molecular complexity index is 946. The third-order valence-electron chi connectivity index (χ3n) is 11.3. The maximum atomic E-state index is 12.3. The van der Waals surface area contributed by atoms with Gasteiger partial charge in [-0.25, -0.2) is 0 Å². The van der Waals surface area contributed by atoms with Gasteiger partial charge in [0, 0.05) is 31.7 Å². The smallest absolute Gasteiger partial charge is 0.302 e. The third kappa shape index (κ3) is 4.27. The lowest BCUT2D eigenvalue weighted by Gasteiger charge is -2.54. The fourth-order valence-electron chi connectivity index (χ4n) is 9.08. The van der Waals surface area contributed by atoms with E-state index in [-0.39, 0.29) is 35.0 Å². The topological polar surface area (TPSA) is 64.6 Å².